The third-order valence-electron chi connectivity index (χ3n) is 7.58. The SMILES string of the molecule is COc1ccc(OC)c(N(CC(=O)N(Cc2ccc(F)cc2)[C@@H](Cc2ccccc2)C(=O)NC(C)(C)C)S(=O)(=O)c2ccc(C)cc2)c1. The smallest absolute Gasteiger partial charge is 0.264 e. The van der Waals surface area contributed by atoms with Gasteiger partial charge in [0.25, 0.3) is 10.0 Å². The van der Waals surface area contributed by atoms with E-state index in [9.17, 15) is 22.4 Å². The van der Waals surface area contributed by atoms with Crippen LogP contribution in [-0.2, 0) is 32.6 Å². The summed E-state index contributed by atoms with van der Waals surface area (Å²) in [6.07, 6.45) is 0.142. The topological polar surface area (TPSA) is 105 Å². The zero-order valence-corrected chi connectivity index (χ0v) is 28.9. The first-order chi connectivity index (χ1) is 22.7. The number of rotatable bonds is 13. The summed E-state index contributed by atoms with van der Waals surface area (Å²) >= 11 is 0. The Hall–Kier alpha value is -4.90. The number of anilines is 1. The Labute approximate surface area is 282 Å². The molecule has 0 heterocycles. The first-order valence-corrected chi connectivity index (χ1v) is 16.9. The van der Waals surface area contributed by atoms with Gasteiger partial charge < -0.3 is 19.7 Å². The third-order valence-corrected chi connectivity index (χ3v) is 9.35. The van der Waals surface area contributed by atoms with Gasteiger partial charge in [-0.1, -0.05) is 60.2 Å². The van der Waals surface area contributed by atoms with E-state index in [0.717, 1.165) is 15.4 Å². The molecule has 0 aliphatic rings. The monoisotopic (exact) mass is 675 g/mol. The van der Waals surface area contributed by atoms with E-state index in [2.05, 4.69) is 5.32 Å². The van der Waals surface area contributed by atoms with E-state index in [0.29, 0.717) is 11.3 Å². The Morgan fingerprint density at radius 2 is 1.50 bits per heavy atom. The molecule has 0 bridgehead atoms. The number of sulfonamides is 1. The summed E-state index contributed by atoms with van der Waals surface area (Å²) in [5.41, 5.74) is 1.65. The summed E-state index contributed by atoms with van der Waals surface area (Å²) in [7, 11) is -1.52. The molecular weight excluding hydrogens is 633 g/mol. The molecule has 0 unspecified atom stereocenters. The number of nitrogens with zero attached hydrogens (tertiary/aromatic N) is 2. The van der Waals surface area contributed by atoms with Crippen LogP contribution in [0.5, 0.6) is 11.5 Å². The van der Waals surface area contributed by atoms with Gasteiger partial charge in [0.15, 0.2) is 0 Å². The second-order valence-corrected chi connectivity index (χ2v) is 14.3. The van der Waals surface area contributed by atoms with Crippen LogP contribution in [0.15, 0.2) is 102 Å². The zero-order valence-electron chi connectivity index (χ0n) is 28.1. The predicted octanol–water partition coefficient (Wildman–Crippen LogP) is 5.90. The van der Waals surface area contributed by atoms with E-state index >= 15 is 0 Å². The van der Waals surface area contributed by atoms with Crippen LogP contribution in [0, 0.1) is 12.7 Å². The molecule has 0 aliphatic carbocycles. The van der Waals surface area contributed by atoms with Gasteiger partial charge in [0, 0.05) is 24.6 Å². The molecule has 0 aliphatic heterocycles. The minimum absolute atomic E-state index is 0.0397. The highest BCUT2D eigenvalue weighted by molar-refractivity contribution is 7.92. The molecular formula is C37H42FN3O6S. The summed E-state index contributed by atoms with van der Waals surface area (Å²) < 4.78 is 54.6. The number of amides is 2. The molecule has 2 amide bonds. The van der Waals surface area contributed by atoms with Crippen molar-refractivity contribution in [2.75, 3.05) is 25.1 Å². The average Bonchev–Trinajstić information content (AvgIpc) is 3.05. The van der Waals surface area contributed by atoms with Crippen LogP contribution in [0.1, 0.15) is 37.5 Å². The molecule has 48 heavy (non-hydrogen) atoms. The van der Waals surface area contributed by atoms with Gasteiger partial charge in [-0.2, -0.15) is 0 Å². The van der Waals surface area contributed by atoms with Gasteiger partial charge >= 0.3 is 0 Å². The van der Waals surface area contributed by atoms with Crippen LogP contribution in [0.2, 0.25) is 0 Å². The van der Waals surface area contributed by atoms with Gasteiger partial charge in [0.2, 0.25) is 11.8 Å². The number of benzene rings is 4. The van der Waals surface area contributed by atoms with Crippen LogP contribution >= 0.6 is 0 Å². The van der Waals surface area contributed by atoms with E-state index < -0.39 is 45.8 Å². The Bertz CT molecular complexity index is 1810. The van der Waals surface area contributed by atoms with Gasteiger partial charge in [0.05, 0.1) is 24.8 Å². The van der Waals surface area contributed by atoms with Crippen molar-refractivity contribution < 1.29 is 31.9 Å². The lowest BCUT2D eigenvalue weighted by Gasteiger charge is -2.35. The van der Waals surface area contributed by atoms with Crippen LogP contribution in [0.3, 0.4) is 0 Å². The van der Waals surface area contributed by atoms with Crippen molar-refractivity contribution in [1.29, 1.82) is 0 Å². The highest BCUT2D eigenvalue weighted by Gasteiger charge is 2.36. The number of nitrogens with one attached hydrogen (secondary N) is 1. The van der Waals surface area contributed by atoms with E-state index in [4.69, 9.17) is 9.47 Å². The molecule has 254 valence electrons. The zero-order chi connectivity index (χ0) is 35.1. The minimum atomic E-state index is -4.37. The number of carbonyl (C=O) groups is 2. The largest absolute Gasteiger partial charge is 0.497 e. The molecule has 1 atom stereocenters. The molecule has 0 saturated carbocycles. The Morgan fingerprint density at radius 3 is 2.08 bits per heavy atom. The minimum Gasteiger partial charge on any atom is -0.497 e. The highest BCUT2D eigenvalue weighted by atomic mass is 32.2. The van der Waals surface area contributed by atoms with Gasteiger partial charge in [-0.3, -0.25) is 13.9 Å². The molecule has 1 N–H and O–H groups in total. The van der Waals surface area contributed by atoms with Gasteiger partial charge in [-0.05, 0) is 75.2 Å². The summed E-state index contributed by atoms with van der Waals surface area (Å²) in [5.74, 6) is -1.00. The van der Waals surface area contributed by atoms with Crippen molar-refractivity contribution in [1.82, 2.24) is 10.2 Å². The molecule has 0 aromatic heterocycles. The number of halogens is 1. The first-order valence-electron chi connectivity index (χ1n) is 15.4. The number of carbonyl (C=O) groups excluding carboxylic acids is 2. The number of aryl methyl sites for hydroxylation is 1. The van der Waals surface area contributed by atoms with Crippen molar-refractivity contribution in [3.63, 3.8) is 0 Å². The molecule has 0 spiro atoms. The van der Waals surface area contributed by atoms with Crippen molar-refractivity contribution >= 4 is 27.5 Å². The number of hydrogen-bond acceptors (Lipinski definition) is 6. The number of ether oxygens (including phenoxy) is 2. The Kier molecular flexibility index (Phi) is 11.5. The van der Waals surface area contributed by atoms with Crippen molar-refractivity contribution in [2.24, 2.45) is 0 Å². The van der Waals surface area contributed by atoms with Crippen molar-refractivity contribution in [2.45, 2.75) is 57.1 Å². The molecule has 4 rings (SSSR count). The molecule has 0 radical (unpaired) electrons. The lowest BCUT2D eigenvalue weighted by atomic mass is 10.0. The van der Waals surface area contributed by atoms with Crippen LogP contribution in [-0.4, -0.2) is 57.5 Å². The van der Waals surface area contributed by atoms with Crippen LogP contribution in [0.4, 0.5) is 10.1 Å². The maximum atomic E-state index is 14.7. The fourth-order valence-corrected chi connectivity index (χ4v) is 6.55. The van der Waals surface area contributed by atoms with Gasteiger partial charge in [0.1, 0.15) is 29.9 Å². The lowest BCUT2D eigenvalue weighted by Crippen LogP contribution is -2.56. The summed E-state index contributed by atoms with van der Waals surface area (Å²) in [6.45, 7) is 6.56. The fourth-order valence-electron chi connectivity index (χ4n) is 5.14. The standard InChI is InChI=1S/C37H42FN3O6S/c1-26-12-19-31(20-13-26)48(44,45)41(32-23-30(46-5)18-21-34(32)47-6)25-35(42)40(24-28-14-16-29(38)17-15-28)33(36(43)39-37(2,3)4)22-27-10-8-7-9-11-27/h7-21,23,33H,22,24-25H2,1-6H3,(H,39,43)/t33-/m0/s1. The molecule has 11 heteroatoms. The maximum Gasteiger partial charge on any atom is 0.264 e. The highest BCUT2D eigenvalue weighted by Crippen LogP contribution is 2.36. The first kappa shape index (κ1) is 35.9. The van der Waals surface area contributed by atoms with E-state index in [1.54, 1.807) is 24.3 Å². The number of hydrogen-bond donors (Lipinski definition) is 1. The molecule has 0 saturated heterocycles. The summed E-state index contributed by atoms with van der Waals surface area (Å²) in [4.78, 5) is 30.0. The Morgan fingerprint density at radius 1 is 0.854 bits per heavy atom. The van der Waals surface area contributed by atoms with E-state index in [1.807, 2.05) is 58.0 Å². The van der Waals surface area contributed by atoms with E-state index in [-0.39, 0.29) is 29.3 Å². The van der Waals surface area contributed by atoms with Gasteiger partial charge in [-0.25, -0.2) is 12.8 Å². The predicted molar refractivity (Wildman–Crippen MR) is 184 cm³/mol. The number of methoxy groups -OCH3 is 2. The van der Waals surface area contributed by atoms with Crippen molar-refractivity contribution in [3.05, 3.63) is 120 Å². The average molecular weight is 676 g/mol. The normalized spacial score (nSPS) is 12.1. The van der Waals surface area contributed by atoms with Gasteiger partial charge in [-0.15, -0.1) is 0 Å². The van der Waals surface area contributed by atoms with Crippen LogP contribution in [0.25, 0.3) is 0 Å². The molecule has 0 fully saturated rings. The molecule has 4 aromatic rings. The lowest BCUT2D eigenvalue weighted by molar-refractivity contribution is -0.140. The van der Waals surface area contributed by atoms with Crippen LogP contribution < -0.4 is 19.1 Å². The fraction of sp³-hybridized carbons (Fsp3) is 0.297. The Balaban J connectivity index is 1.88. The third kappa shape index (κ3) is 9.13. The molecule has 9 nitrogen and oxygen atoms in total. The maximum absolute atomic E-state index is 14.7. The summed E-state index contributed by atoms with van der Waals surface area (Å²) in [5, 5.41) is 2.99. The van der Waals surface area contributed by atoms with Crippen molar-refractivity contribution in [3.8, 4) is 11.5 Å². The quantitative estimate of drug-likeness (QED) is 0.189. The van der Waals surface area contributed by atoms with E-state index in [1.165, 1.54) is 61.6 Å². The summed E-state index contributed by atoms with van der Waals surface area (Å²) in [6, 6.07) is 24.7. The molecule has 4 aromatic carbocycles. The second-order valence-electron chi connectivity index (χ2n) is 12.5. The second kappa shape index (κ2) is 15.3.